The lowest BCUT2D eigenvalue weighted by Crippen LogP contribution is -2.39. The van der Waals surface area contributed by atoms with Crippen molar-refractivity contribution < 1.29 is 23.1 Å². The summed E-state index contributed by atoms with van der Waals surface area (Å²) in [5.74, 6) is -0.523. The minimum atomic E-state index is -2.92. The monoisotopic (exact) mass is 362 g/mol. The third-order valence-electron chi connectivity index (χ3n) is 3.86. The quantitative estimate of drug-likeness (QED) is 0.761. The number of benzene rings is 1. The van der Waals surface area contributed by atoms with Gasteiger partial charge in [-0.05, 0) is 44.9 Å². The molecular formula is C19H20F2N2O3. The van der Waals surface area contributed by atoms with Crippen molar-refractivity contribution in [3.63, 3.8) is 0 Å². The molecule has 0 bridgehead atoms. The van der Waals surface area contributed by atoms with E-state index in [2.05, 4.69) is 15.0 Å². The predicted molar refractivity (Wildman–Crippen MR) is 94.5 cm³/mol. The zero-order chi connectivity index (χ0) is 19.3. The standard InChI is InChI=1S/C19H20F2N2O3/c1-4-5-6-15(12(3)24)23-18(25)14-8-13-7-11(2)17(26-19(20)21)9-16(13)22-10-14/h4-5,7-10,15,19H,6H2,1-3H3,(H,23,25)/b5-4-/t15-/m0/s1. The third-order valence-corrected chi connectivity index (χ3v) is 3.86. The topological polar surface area (TPSA) is 68.3 Å². The van der Waals surface area contributed by atoms with E-state index in [4.69, 9.17) is 0 Å². The van der Waals surface area contributed by atoms with Gasteiger partial charge in [-0.2, -0.15) is 8.78 Å². The second-order valence-electron chi connectivity index (χ2n) is 5.85. The van der Waals surface area contributed by atoms with Crippen LogP contribution in [0.25, 0.3) is 10.9 Å². The summed E-state index contributed by atoms with van der Waals surface area (Å²) in [7, 11) is 0. The number of hydrogen-bond donors (Lipinski definition) is 1. The number of nitrogens with zero attached hydrogens (tertiary/aromatic N) is 1. The number of ether oxygens (including phenoxy) is 1. The molecule has 1 N–H and O–H groups in total. The first-order valence-corrected chi connectivity index (χ1v) is 8.09. The smallest absolute Gasteiger partial charge is 0.387 e. The van der Waals surface area contributed by atoms with Gasteiger partial charge >= 0.3 is 6.61 Å². The van der Waals surface area contributed by atoms with Gasteiger partial charge in [0.25, 0.3) is 5.91 Å². The Bertz CT molecular complexity index is 850. The molecule has 26 heavy (non-hydrogen) atoms. The van der Waals surface area contributed by atoms with E-state index in [0.717, 1.165) is 0 Å². The van der Waals surface area contributed by atoms with Crippen LogP contribution in [0.5, 0.6) is 5.75 Å². The van der Waals surface area contributed by atoms with Crippen molar-refractivity contribution in [3.05, 3.63) is 47.7 Å². The van der Waals surface area contributed by atoms with Crippen molar-refractivity contribution in [1.29, 1.82) is 0 Å². The highest BCUT2D eigenvalue weighted by atomic mass is 19.3. The average molecular weight is 362 g/mol. The Labute approximate surface area is 150 Å². The Kier molecular flexibility index (Phi) is 6.38. The summed E-state index contributed by atoms with van der Waals surface area (Å²) in [4.78, 5) is 28.2. The second kappa shape index (κ2) is 8.51. The van der Waals surface area contributed by atoms with Crippen molar-refractivity contribution in [3.8, 4) is 5.75 Å². The highest BCUT2D eigenvalue weighted by Crippen LogP contribution is 2.26. The molecule has 0 unspecified atom stereocenters. The summed E-state index contributed by atoms with van der Waals surface area (Å²) in [5.41, 5.74) is 1.22. The molecule has 0 radical (unpaired) electrons. The molecule has 2 rings (SSSR count). The van der Waals surface area contributed by atoms with Gasteiger partial charge in [0.1, 0.15) is 5.75 Å². The number of ketones is 1. The Balaban J connectivity index is 2.27. The minimum Gasteiger partial charge on any atom is -0.434 e. The Hall–Kier alpha value is -2.83. The molecular weight excluding hydrogens is 342 g/mol. The summed E-state index contributed by atoms with van der Waals surface area (Å²) < 4.78 is 29.3. The van der Waals surface area contributed by atoms with Crippen LogP contribution in [0.4, 0.5) is 8.78 Å². The number of halogens is 2. The van der Waals surface area contributed by atoms with Crippen molar-refractivity contribution in [1.82, 2.24) is 10.3 Å². The molecule has 0 saturated carbocycles. The molecule has 1 amide bonds. The maximum Gasteiger partial charge on any atom is 0.387 e. The molecule has 5 nitrogen and oxygen atoms in total. The van der Waals surface area contributed by atoms with E-state index in [-0.39, 0.29) is 17.1 Å². The molecule has 0 aliphatic rings. The number of carbonyl (C=O) groups is 2. The van der Waals surface area contributed by atoms with Crippen LogP contribution in [0, 0.1) is 6.92 Å². The summed E-state index contributed by atoms with van der Waals surface area (Å²) >= 11 is 0. The Morgan fingerprint density at radius 1 is 1.31 bits per heavy atom. The molecule has 1 heterocycles. The van der Waals surface area contributed by atoms with Gasteiger partial charge < -0.3 is 10.1 Å². The zero-order valence-corrected chi connectivity index (χ0v) is 14.8. The fraction of sp³-hybridized carbons (Fsp3) is 0.316. The number of nitrogens with one attached hydrogen (secondary N) is 1. The lowest BCUT2D eigenvalue weighted by atomic mass is 10.1. The van der Waals surface area contributed by atoms with Crippen LogP contribution in [-0.2, 0) is 4.79 Å². The van der Waals surface area contributed by atoms with E-state index in [1.807, 2.05) is 13.0 Å². The van der Waals surface area contributed by atoms with E-state index >= 15 is 0 Å². The van der Waals surface area contributed by atoms with E-state index in [1.165, 1.54) is 19.2 Å². The fourth-order valence-electron chi connectivity index (χ4n) is 2.46. The number of rotatable bonds is 7. The molecule has 1 aromatic heterocycles. The molecule has 0 spiro atoms. The average Bonchev–Trinajstić information content (AvgIpc) is 2.58. The van der Waals surface area contributed by atoms with Crippen LogP contribution in [0.15, 0.2) is 36.5 Å². The lowest BCUT2D eigenvalue weighted by molar-refractivity contribution is -0.118. The van der Waals surface area contributed by atoms with E-state index in [1.54, 1.807) is 25.1 Å². The SMILES string of the molecule is C/C=C\C[C@H](NC(=O)c1cnc2cc(OC(F)F)c(C)cc2c1)C(C)=O. The van der Waals surface area contributed by atoms with Gasteiger partial charge in [0.2, 0.25) is 0 Å². The number of carbonyl (C=O) groups excluding carboxylic acids is 2. The van der Waals surface area contributed by atoms with Gasteiger partial charge in [0.05, 0.1) is 17.1 Å². The number of Topliss-reactive ketones (excluding diaryl/α,β-unsaturated/α-hetero) is 1. The maximum absolute atomic E-state index is 12.4. The summed E-state index contributed by atoms with van der Waals surface area (Å²) in [5, 5.41) is 3.30. The molecule has 0 fully saturated rings. The Morgan fingerprint density at radius 3 is 2.65 bits per heavy atom. The van der Waals surface area contributed by atoms with Crippen LogP contribution >= 0.6 is 0 Å². The van der Waals surface area contributed by atoms with Crippen molar-refractivity contribution >= 4 is 22.6 Å². The number of pyridine rings is 1. The van der Waals surface area contributed by atoms with Gasteiger partial charge in [0, 0.05) is 17.6 Å². The van der Waals surface area contributed by atoms with Crippen LogP contribution in [-0.4, -0.2) is 29.3 Å². The van der Waals surface area contributed by atoms with E-state index in [9.17, 15) is 18.4 Å². The molecule has 0 saturated heterocycles. The second-order valence-corrected chi connectivity index (χ2v) is 5.85. The molecule has 2 aromatic rings. The highest BCUT2D eigenvalue weighted by molar-refractivity contribution is 6.00. The number of amides is 1. The number of fused-ring (bicyclic) bond motifs is 1. The van der Waals surface area contributed by atoms with Gasteiger partial charge in [0.15, 0.2) is 5.78 Å². The number of alkyl halides is 2. The van der Waals surface area contributed by atoms with Crippen molar-refractivity contribution in [2.75, 3.05) is 0 Å². The van der Waals surface area contributed by atoms with Crippen LogP contribution in [0.3, 0.4) is 0 Å². The summed E-state index contributed by atoms with van der Waals surface area (Å²) in [6, 6.07) is 4.02. The molecule has 138 valence electrons. The first-order chi connectivity index (χ1) is 12.3. The third kappa shape index (κ3) is 4.84. The first kappa shape index (κ1) is 19.5. The molecule has 1 atom stereocenters. The number of hydrogen-bond acceptors (Lipinski definition) is 4. The minimum absolute atomic E-state index is 0.0419. The van der Waals surface area contributed by atoms with E-state index in [0.29, 0.717) is 22.9 Å². The number of aryl methyl sites for hydroxylation is 1. The lowest BCUT2D eigenvalue weighted by Gasteiger charge is -2.14. The Morgan fingerprint density at radius 2 is 2.04 bits per heavy atom. The predicted octanol–water partition coefficient (Wildman–Crippen LogP) is 3.80. The van der Waals surface area contributed by atoms with Gasteiger partial charge in [-0.15, -0.1) is 0 Å². The normalized spacial score (nSPS) is 12.5. The highest BCUT2D eigenvalue weighted by Gasteiger charge is 2.17. The van der Waals surface area contributed by atoms with Crippen molar-refractivity contribution in [2.24, 2.45) is 0 Å². The first-order valence-electron chi connectivity index (χ1n) is 8.09. The maximum atomic E-state index is 12.4. The number of aromatic nitrogens is 1. The summed E-state index contributed by atoms with van der Waals surface area (Å²) in [6.45, 7) is 1.96. The van der Waals surface area contributed by atoms with Gasteiger partial charge in [-0.3, -0.25) is 14.6 Å². The van der Waals surface area contributed by atoms with Crippen LogP contribution < -0.4 is 10.1 Å². The molecule has 0 aliphatic heterocycles. The fourth-order valence-corrected chi connectivity index (χ4v) is 2.46. The van der Waals surface area contributed by atoms with Crippen molar-refractivity contribution in [2.45, 2.75) is 39.8 Å². The summed E-state index contributed by atoms with van der Waals surface area (Å²) in [6.07, 6.45) is 5.36. The van der Waals surface area contributed by atoms with E-state index < -0.39 is 18.6 Å². The zero-order valence-electron chi connectivity index (χ0n) is 14.8. The van der Waals surface area contributed by atoms with Crippen LogP contribution in [0.1, 0.15) is 36.2 Å². The van der Waals surface area contributed by atoms with Crippen LogP contribution in [0.2, 0.25) is 0 Å². The van der Waals surface area contributed by atoms with Gasteiger partial charge in [-0.25, -0.2) is 0 Å². The largest absolute Gasteiger partial charge is 0.434 e. The molecule has 0 aliphatic carbocycles. The van der Waals surface area contributed by atoms with Gasteiger partial charge in [-0.1, -0.05) is 12.2 Å². The number of allylic oxidation sites excluding steroid dienone is 1. The molecule has 7 heteroatoms. The molecule has 1 aromatic carbocycles.